The van der Waals surface area contributed by atoms with Crippen LogP contribution < -0.4 is 10.6 Å². The number of amides is 2. The first-order chi connectivity index (χ1) is 8.72. The van der Waals surface area contributed by atoms with Gasteiger partial charge in [0.05, 0.1) is 13.2 Å². The molecule has 0 saturated carbocycles. The number of carbonyl (C=O) groups is 1. The number of ether oxygens (including phenoxy) is 2. The second-order valence-electron chi connectivity index (χ2n) is 3.53. The standard InChI is InChI=1S/C12H17ClN2O3/c1-17-5-6-18-9-15-12(16)14-8-10-3-2-4-11(13)7-10/h2-4,7H,5-6,8-9H2,1H3,(H2,14,15,16). The average molecular weight is 273 g/mol. The number of hydrogen-bond acceptors (Lipinski definition) is 3. The number of urea groups is 1. The molecule has 0 heterocycles. The van der Waals surface area contributed by atoms with Crippen LogP contribution in [-0.4, -0.2) is 33.1 Å². The zero-order valence-electron chi connectivity index (χ0n) is 10.2. The van der Waals surface area contributed by atoms with Crippen molar-refractivity contribution in [2.24, 2.45) is 0 Å². The van der Waals surface area contributed by atoms with Gasteiger partial charge in [0.25, 0.3) is 0 Å². The van der Waals surface area contributed by atoms with Gasteiger partial charge in [0, 0.05) is 18.7 Å². The fourth-order valence-corrected chi connectivity index (χ4v) is 1.44. The Balaban J connectivity index is 2.13. The molecule has 0 aliphatic rings. The molecule has 1 aromatic carbocycles. The van der Waals surface area contributed by atoms with Gasteiger partial charge in [-0.05, 0) is 17.7 Å². The molecule has 0 spiro atoms. The summed E-state index contributed by atoms with van der Waals surface area (Å²) < 4.78 is 9.90. The Hall–Kier alpha value is -1.30. The van der Waals surface area contributed by atoms with Crippen molar-refractivity contribution in [1.82, 2.24) is 10.6 Å². The molecule has 0 unspecified atom stereocenters. The number of hydrogen-bond donors (Lipinski definition) is 2. The lowest BCUT2D eigenvalue weighted by Crippen LogP contribution is -2.36. The molecule has 0 aliphatic carbocycles. The fraction of sp³-hybridized carbons (Fsp3) is 0.417. The third kappa shape index (κ3) is 6.44. The average Bonchev–Trinajstić information content (AvgIpc) is 2.36. The van der Waals surface area contributed by atoms with Crippen LogP contribution in [0.5, 0.6) is 0 Å². The van der Waals surface area contributed by atoms with Gasteiger partial charge in [-0.3, -0.25) is 0 Å². The number of benzene rings is 1. The van der Waals surface area contributed by atoms with Crippen LogP contribution in [0.1, 0.15) is 5.56 Å². The Morgan fingerprint density at radius 3 is 2.89 bits per heavy atom. The van der Waals surface area contributed by atoms with Gasteiger partial charge in [-0.25, -0.2) is 4.79 Å². The van der Waals surface area contributed by atoms with E-state index in [2.05, 4.69) is 10.6 Å². The van der Waals surface area contributed by atoms with Crippen LogP contribution in [0.15, 0.2) is 24.3 Å². The van der Waals surface area contributed by atoms with E-state index in [-0.39, 0.29) is 12.8 Å². The van der Waals surface area contributed by atoms with E-state index in [9.17, 15) is 4.79 Å². The third-order valence-corrected chi connectivity index (χ3v) is 2.34. The molecule has 0 fully saturated rings. The summed E-state index contributed by atoms with van der Waals surface area (Å²) in [6, 6.07) is 7.03. The van der Waals surface area contributed by atoms with Crippen molar-refractivity contribution in [2.45, 2.75) is 6.54 Å². The maximum atomic E-state index is 11.4. The zero-order chi connectivity index (χ0) is 13.2. The Morgan fingerprint density at radius 1 is 1.33 bits per heavy atom. The van der Waals surface area contributed by atoms with Crippen LogP contribution in [0.25, 0.3) is 0 Å². The lowest BCUT2D eigenvalue weighted by molar-refractivity contribution is 0.0642. The van der Waals surface area contributed by atoms with Crippen molar-refractivity contribution in [3.8, 4) is 0 Å². The van der Waals surface area contributed by atoms with Gasteiger partial charge in [-0.2, -0.15) is 0 Å². The summed E-state index contributed by atoms with van der Waals surface area (Å²) in [7, 11) is 1.59. The smallest absolute Gasteiger partial charge is 0.316 e. The second-order valence-corrected chi connectivity index (χ2v) is 3.97. The molecule has 0 bridgehead atoms. The van der Waals surface area contributed by atoms with E-state index in [1.54, 1.807) is 19.2 Å². The quantitative estimate of drug-likeness (QED) is 0.587. The van der Waals surface area contributed by atoms with Crippen LogP contribution in [0, 0.1) is 0 Å². The minimum Gasteiger partial charge on any atom is -0.382 e. The molecule has 0 aromatic heterocycles. The second kappa shape index (κ2) is 8.74. The molecule has 5 nitrogen and oxygen atoms in total. The van der Waals surface area contributed by atoms with Crippen LogP contribution in [-0.2, 0) is 16.0 Å². The summed E-state index contributed by atoms with van der Waals surface area (Å²) in [6.07, 6.45) is 0. The molecular formula is C12H17ClN2O3. The van der Waals surface area contributed by atoms with Crippen molar-refractivity contribution >= 4 is 17.6 Å². The first-order valence-corrected chi connectivity index (χ1v) is 5.93. The molecule has 0 saturated heterocycles. The highest BCUT2D eigenvalue weighted by molar-refractivity contribution is 6.30. The van der Waals surface area contributed by atoms with Gasteiger partial charge >= 0.3 is 6.03 Å². The summed E-state index contributed by atoms with van der Waals surface area (Å²) in [4.78, 5) is 11.4. The Kier molecular flexibility index (Phi) is 7.17. The summed E-state index contributed by atoms with van der Waals surface area (Å²) in [5.41, 5.74) is 0.943. The van der Waals surface area contributed by atoms with E-state index in [0.717, 1.165) is 5.56 Å². The molecule has 2 N–H and O–H groups in total. The van der Waals surface area contributed by atoms with Crippen LogP contribution in [0.4, 0.5) is 4.79 Å². The Bertz CT molecular complexity index is 374. The largest absolute Gasteiger partial charge is 0.382 e. The molecule has 0 atom stereocenters. The number of nitrogens with one attached hydrogen (secondary N) is 2. The number of rotatable bonds is 7. The van der Waals surface area contributed by atoms with Crippen LogP contribution in [0.3, 0.4) is 0 Å². The van der Waals surface area contributed by atoms with Crippen LogP contribution in [0.2, 0.25) is 5.02 Å². The topological polar surface area (TPSA) is 59.6 Å². The van der Waals surface area contributed by atoms with Crippen LogP contribution >= 0.6 is 11.6 Å². The Labute approximate surface area is 111 Å². The number of carbonyl (C=O) groups excluding carboxylic acids is 1. The van der Waals surface area contributed by atoms with Gasteiger partial charge in [0.1, 0.15) is 6.73 Å². The summed E-state index contributed by atoms with van der Waals surface area (Å²) in [5, 5.41) is 5.91. The zero-order valence-corrected chi connectivity index (χ0v) is 11.0. The van der Waals surface area contributed by atoms with Gasteiger partial charge < -0.3 is 20.1 Å². The number of methoxy groups -OCH3 is 1. The van der Waals surface area contributed by atoms with Gasteiger partial charge in [-0.15, -0.1) is 0 Å². The van der Waals surface area contributed by atoms with E-state index in [0.29, 0.717) is 24.8 Å². The van der Waals surface area contributed by atoms with Crippen molar-refractivity contribution in [2.75, 3.05) is 27.1 Å². The van der Waals surface area contributed by atoms with Gasteiger partial charge in [-0.1, -0.05) is 23.7 Å². The molecule has 6 heteroatoms. The molecule has 1 aromatic rings. The fourth-order valence-electron chi connectivity index (χ4n) is 1.22. The van der Waals surface area contributed by atoms with E-state index in [1.165, 1.54) is 0 Å². The van der Waals surface area contributed by atoms with Crippen molar-refractivity contribution in [1.29, 1.82) is 0 Å². The molecular weight excluding hydrogens is 256 g/mol. The molecule has 2 amide bonds. The van der Waals surface area contributed by atoms with E-state index < -0.39 is 0 Å². The van der Waals surface area contributed by atoms with Gasteiger partial charge in [0.2, 0.25) is 0 Å². The molecule has 1 rings (SSSR count). The highest BCUT2D eigenvalue weighted by atomic mass is 35.5. The van der Waals surface area contributed by atoms with Crippen molar-refractivity contribution < 1.29 is 14.3 Å². The molecule has 100 valence electrons. The first-order valence-electron chi connectivity index (χ1n) is 5.55. The summed E-state index contributed by atoms with van der Waals surface area (Å²) in [6.45, 7) is 1.53. The lowest BCUT2D eigenvalue weighted by atomic mass is 10.2. The van der Waals surface area contributed by atoms with E-state index in [1.807, 2.05) is 12.1 Å². The van der Waals surface area contributed by atoms with Gasteiger partial charge in [0.15, 0.2) is 0 Å². The monoisotopic (exact) mass is 272 g/mol. The third-order valence-electron chi connectivity index (χ3n) is 2.11. The Morgan fingerprint density at radius 2 is 2.17 bits per heavy atom. The first kappa shape index (κ1) is 14.8. The molecule has 18 heavy (non-hydrogen) atoms. The van der Waals surface area contributed by atoms with Crippen molar-refractivity contribution in [3.05, 3.63) is 34.9 Å². The normalized spacial score (nSPS) is 10.1. The highest BCUT2D eigenvalue weighted by Crippen LogP contribution is 2.09. The summed E-state index contributed by atoms with van der Waals surface area (Å²) >= 11 is 5.83. The SMILES string of the molecule is COCCOCNC(=O)NCc1cccc(Cl)c1. The maximum Gasteiger partial charge on any atom is 0.316 e. The molecule has 0 radical (unpaired) electrons. The minimum atomic E-state index is -0.285. The number of halogens is 1. The highest BCUT2D eigenvalue weighted by Gasteiger charge is 2.00. The maximum absolute atomic E-state index is 11.4. The summed E-state index contributed by atoms with van der Waals surface area (Å²) in [5.74, 6) is 0. The van der Waals surface area contributed by atoms with E-state index in [4.69, 9.17) is 21.1 Å². The van der Waals surface area contributed by atoms with E-state index >= 15 is 0 Å². The minimum absolute atomic E-state index is 0.157. The molecule has 0 aliphatic heterocycles. The lowest BCUT2D eigenvalue weighted by Gasteiger charge is -2.08. The van der Waals surface area contributed by atoms with Crippen molar-refractivity contribution in [3.63, 3.8) is 0 Å². The predicted molar refractivity (Wildman–Crippen MR) is 69.5 cm³/mol. The predicted octanol–water partition coefficient (Wildman–Crippen LogP) is 1.76.